The summed E-state index contributed by atoms with van der Waals surface area (Å²) >= 11 is 0. The van der Waals surface area contributed by atoms with Crippen LogP contribution in [-0.2, 0) is 19.1 Å². The zero-order valence-electron chi connectivity index (χ0n) is 16.7. The van der Waals surface area contributed by atoms with E-state index in [1.807, 2.05) is 6.07 Å². The van der Waals surface area contributed by atoms with Crippen LogP contribution in [0.5, 0.6) is 0 Å². The molecule has 1 heterocycles. The summed E-state index contributed by atoms with van der Waals surface area (Å²) in [7, 11) is 1.44. The second-order valence-corrected chi connectivity index (χ2v) is 7.16. The van der Waals surface area contributed by atoms with Crippen molar-refractivity contribution in [1.29, 1.82) is 5.26 Å². The van der Waals surface area contributed by atoms with E-state index in [9.17, 15) is 19.2 Å². The zero-order valence-corrected chi connectivity index (χ0v) is 16.7. The van der Waals surface area contributed by atoms with E-state index in [-0.39, 0.29) is 5.91 Å². The maximum absolute atomic E-state index is 12.2. The molecule has 2 rings (SSSR count). The number of carbonyl (C=O) groups is 4. The summed E-state index contributed by atoms with van der Waals surface area (Å²) in [5, 5.41) is 11.4. The molecular weight excluding hydrogens is 376 g/mol. The van der Waals surface area contributed by atoms with Gasteiger partial charge in [-0.15, -0.1) is 0 Å². The van der Waals surface area contributed by atoms with Crippen LogP contribution < -0.4 is 10.2 Å². The number of likely N-dealkylation sites (N-methyl/N-ethyl adjacent to an activating group) is 1. The van der Waals surface area contributed by atoms with Gasteiger partial charge in [0.2, 0.25) is 5.91 Å². The number of benzene rings is 1. The number of esters is 1. The predicted molar refractivity (Wildman–Crippen MR) is 104 cm³/mol. The third kappa shape index (κ3) is 5.54. The van der Waals surface area contributed by atoms with Crippen molar-refractivity contribution in [2.75, 3.05) is 31.6 Å². The van der Waals surface area contributed by atoms with Crippen LogP contribution in [0.3, 0.4) is 0 Å². The van der Waals surface area contributed by atoms with Crippen LogP contribution in [0, 0.1) is 11.3 Å². The Morgan fingerprint density at radius 3 is 2.48 bits per heavy atom. The number of hydrogen-bond acceptors (Lipinski definition) is 6. The Hall–Kier alpha value is -3.41. The fourth-order valence-corrected chi connectivity index (χ4v) is 2.65. The monoisotopic (exact) mass is 400 g/mol. The van der Waals surface area contributed by atoms with Gasteiger partial charge in [-0.1, -0.05) is 0 Å². The molecule has 1 aromatic rings. The lowest BCUT2D eigenvalue weighted by Crippen LogP contribution is -2.46. The minimum atomic E-state index is -1.02. The van der Waals surface area contributed by atoms with Crippen molar-refractivity contribution in [2.24, 2.45) is 0 Å². The number of carbonyl (C=O) groups excluding carboxylic acids is 4. The minimum absolute atomic E-state index is 0.0586. The van der Waals surface area contributed by atoms with Crippen LogP contribution in [0.2, 0.25) is 0 Å². The van der Waals surface area contributed by atoms with Crippen molar-refractivity contribution >= 4 is 29.4 Å². The SMILES string of the molecule is CN(C(=O)COC(=O)CNC(=O)c1ccc(N2CCCC2=O)cc1)C(C)(C)C#N. The standard InChI is InChI=1S/C20H24N4O5/c1-20(2,13-21)23(3)17(26)12-29-18(27)11-22-19(28)14-6-8-15(9-7-14)24-10-4-5-16(24)25/h6-9H,4-5,10-12H2,1-3H3,(H,22,28). The number of nitriles is 1. The maximum atomic E-state index is 12.2. The largest absolute Gasteiger partial charge is 0.454 e. The molecule has 154 valence electrons. The van der Waals surface area contributed by atoms with E-state index in [0.717, 1.165) is 12.1 Å². The second-order valence-electron chi connectivity index (χ2n) is 7.16. The smallest absolute Gasteiger partial charge is 0.325 e. The van der Waals surface area contributed by atoms with Crippen LogP contribution in [0.25, 0.3) is 0 Å². The van der Waals surface area contributed by atoms with Gasteiger partial charge in [0.25, 0.3) is 11.8 Å². The lowest BCUT2D eigenvalue weighted by molar-refractivity contribution is -0.152. The van der Waals surface area contributed by atoms with Gasteiger partial charge in [0.1, 0.15) is 12.1 Å². The number of amides is 3. The molecule has 29 heavy (non-hydrogen) atoms. The Morgan fingerprint density at radius 1 is 1.28 bits per heavy atom. The molecule has 3 amide bonds. The lowest BCUT2D eigenvalue weighted by Gasteiger charge is -2.28. The predicted octanol–water partition coefficient (Wildman–Crippen LogP) is 0.847. The number of nitrogens with zero attached hydrogens (tertiary/aromatic N) is 3. The molecule has 0 saturated carbocycles. The maximum Gasteiger partial charge on any atom is 0.325 e. The minimum Gasteiger partial charge on any atom is -0.454 e. The normalized spacial score (nSPS) is 13.6. The molecule has 9 heteroatoms. The van der Waals surface area contributed by atoms with Crippen molar-refractivity contribution in [3.63, 3.8) is 0 Å². The Balaban J connectivity index is 1.80. The van der Waals surface area contributed by atoms with Gasteiger partial charge in [0, 0.05) is 31.3 Å². The average molecular weight is 400 g/mol. The quantitative estimate of drug-likeness (QED) is 0.678. The first kappa shape index (κ1) is 21.9. The molecule has 9 nitrogen and oxygen atoms in total. The van der Waals surface area contributed by atoms with Gasteiger partial charge in [-0.2, -0.15) is 5.26 Å². The van der Waals surface area contributed by atoms with Crippen molar-refractivity contribution in [1.82, 2.24) is 10.2 Å². The molecule has 1 aromatic carbocycles. The van der Waals surface area contributed by atoms with Crippen molar-refractivity contribution < 1.29 is 23.9 Å². The van der Waals surface area contributed by atoms with Crippen LogP contribution >= 0.6 is 0 Å². The van der Waals surface area contributed by atoms with Crippen LogP contribution in [-0.4, -0.2) is 60.9 Å². The van der Waals surface area contributed by atoms with E-state index in [1.165, 1.54) is 11.9 Å². The highest BCUT2D eigenvalue weighted by molar-refractivity contribution is 5.98. The first-order chi connectivity index (χ1) is 13.7. The van der Waals surface area contributed by atoms with Gasteiger partial charge in [-0.25, -0.2) is 0 Å². The number of nitrogens with one attached hydrogen (secondary N) is 1. The number of hydrogen-bond donors (Lipinski definition) is 1. The molecule has 1 aliphatic heterocycles. The van der Waals surface area contributed by atoms with E-state index in [2.05, 4.69) is 5.32 Å². The third-order valence-corrected chi connectivity index (χ3v) is 4.75. The summed E-state index contributed by atoms with van der Waals surface area (Å²) in [5.74, 6) is -1.71. The zero-order chi connectivity index (χ0) is 21.6. The first-order valence-corrected chi connectivity index (χ1v) is 9.18. The molecular formula is C20H24N4O5. The number of anilines is 1. The molecule has 0 atom stereocenters. The van der Waals surface area contributed by atoms with Gasteiger partial charge >= 0.3 is 5.97 Å². The average Bonchev–Trinajstić information content (AvgIpc) is 3.15. The molecule has 0 bridgehead atoms. The topological polar surface area (TPSA) is 120 Å². The highest BCUT2D eigenvalue weighted by Crippen LogP contribution is 2.21. The van der Waals surface area contributed by atoms with E-state index in [4.69, 9.17) is 10.00 Å². The van der Waals surface area contributed by atoms with E-state index in [1.54, 1.807) is 43.0 Å². The Labute approximate surface area is 169 Å². The fraction of sp³-hybridized carbons (Fsp3) is 0.450. The van der Waals surface area contributed by atoms with Gasteiger partial charge in [-0.3, -0.25) is 19.2 Å². The molecule has 0 aromatic heterocycles. The summed E-state index contributed by atoms with van der Waals surface area (Å²) < 4.78 is 4.85. The van der Waals surface area contributed by atoms with E-state index < -0.39 is 36.5 Å². The van der Waals surface area contributed by atoms with E-state index in [0.29, 0.717) is 18.5 Å². The summed E-state index contributed by atoms with van der Waals surface area (Å²) in [6.45, 7) is 2.88. The highest BCUT2D eigenvalue weighted by Gasteiger charge is 2.28. The Bertz CT molecular complexity index is 841. The number of ether oxygens (including phenoxy) is 1. The molecule has 0 aliphatic carbocycles. The molecule has 1 aliphatic rings. The summed E-state index contributed by atoms with van der Waals surface area (Å²) in [6.07, 6.45) is 1.34. The molecule has 1 saturated heterocycles. The van der Waals surface area contributed by atoms with Gasteiger partial charge in [-0.05, 0) is 44.5 Å². The van der Waals surface area contributed by atoms with Crippen molar-refractivity contribution in [2.45, 2.75) is 32.2 Å². The number of rotatable bonds is 7. The van der Waals surface area contributed by atoms with Crippen molar-refractivity contribution in [3.05, 3.63) is 29.8 Å². The summed E-state index contributed by atoms with van der Waals surface area (Å²) in [6, 6.07) is 8.49. The third-order valence-electron chi connectivity index (χ3n) is 4.75. The second kappa shape index (κ2) is 9.19. The van der Waals surface area contributed by atoms with Crippen LogP contribution in [0.1, 0.15) is 37.0 Å². The van der Waals surface area contributed by atoms with Gasteiger partial charge < -0.3 is 19.9 Å². The summed E-state index contributed by atoms with van der Waals surface area (Å²) in [4.78, 5) is 50.5. The summed E-state index contributed by atoms with van der Waals surface area (Å²) in [5.41, 5.74) is 0.0370. The molecule has 0 unspecified atom stereocenters. The van der Waals surface area contributed by atoms with E-state index >= 15 is 0 Å². The lowest BCUT2D eigenvalue weighted by atomic mass is 10.1. The molecule has 1 N–H and O–H groups in total. The van der Waals surface area contributed by atoms with Crippen LogP contribution in [0.4, 0.5) is 5.69 Å². The van der Waals surface area contributed by atoms with Crippen molar-refractivity contribution in [3.8, 4) is 6.07 Å². The van der Waals surface area contributed by atoms with Gasteiger partial charge in [0.05, 0.1) is 6.07 Å². The molecule has 0 radical (unpaired) electrons. The Kier molecular flexibility index (Phi) is 6.93. The first-order valence-electron chi connectivity index (χ1n) is 9.18. The van der Waals surface area contributed by atoms with Gasteiger partial charge in [0.15, 0.2) is 6.61 Å². The van der Waals surface area contributed by atoms with Crippen LogP contribution in [0.15, 0.2) is 24.3 Å². The molecule has 1 fully saturated rings. The molecule has 0 spiro atoms. The fourth-order valence-electron chi connectivity index (χ4n) is 2.65. The highest BCUT2D eigenvalue weighted by atomic mass is 16.5. The Morgan fingerprint density at radius 2 is 1.93 bits per heavy atom.